The Morgan fingerprint density at radius 1 is 1.04 bits per heavy atom. The van der Waals surface area contributed by atoms with E-state index in [1.807, 2.05) is 12.1 Å². The topological polar surface area (TPSA) is 39.8 Å². The lowest BCUT2D eigenvalue weighted by Crippen LogP contribution is -2.44. The predicted octanol–water partition coefficient (Wildman–Crippen LogP) is 2.99. The van der Waals surface area contributed by atoms with Gasteiger partial charge in [0.1, 0.15) is 18.5 Å². The van der Waals surface area contributed by atoms with E-state index in [4.69, 9.17) is 11.2 Å². The van der Waals surface area contributed by atoms with Crippen molar-refractivity contribution in [1.29, 1.82) is 0 Å². The minimum Gasteiger partial charge on any atom is -0.481 e. The van der Waals surface area contributed by atoms with E-state index in [9.17, 15) is 0 Å². The average Bonchev–Trinajstić information content (AvgIpc) is 3.10. The summed E-state index contributed by atoms with van der Waals surface area (Å²) in [4.78, 5) is 4.82. The Labute approximate surface area is 154 Å². The van der Waals surface area contributed by atoms with E-state index < -0.39 is 0 Å². The fourth-order valence-electron chi connectivity index (χ4n) is 3.43. The van der Waals surface area contributed by atoms with Crippen LogP contribution in [0.3, 0.4) is 0 Å². The molecule has 1 fully saturated rings. The Bertz CT molecular complexity index is 804. The molecule has 1 unspecified atom stereocenters. The fraction of sp³-hybridized carbons (Fsp3) is 0.333. The molecular formula is C21H24N4O. The molecule has 5 heteroatoms. The van der Waals surface area contributed by atoms with Gasteiger partial charge in [-0.15, -0.1) is 6.42 Å². The van der Waals surface area contributed by atoms with Gasteiger partial charge in [-0.3, -0.25) is 0 Å². The molecule has 134 valence electrons. The summed E-state index contributed by atoms with van der Waals surface area (Å²) in [5, 5.41) is 7.12. The summed E-state index contributed by atoms with van der Waals surface area (Å²) in [6.07, 6.45) is 5.29. The van der Waals surface area contributed by atoms with Crippen LogP contribution < -0.4 is 20.3 Å². The van der Waals surface area contributed by atoms with Crippen LogP contribution in [0.2, 0.25) is 0 Å². The maximum Gasteiger partial charge on any atom is 0.148 e. The molecule has 26 heavy (non-hydrogen) atoms. The lowest BCUT2D eigenvalue weighted by atomic mass is 10.1. The first kappa shape index (κ1) is 16.6. The third-order valence-electron chi connectivity index (χ3n) is 5.01. The van der Waals surface area contributed by atoms with Crippen molar-refractivity contribution in [3.05, 3.63) is 48.0 Å². The smallest absolute Gasteiger partial charge is 0.148 e. The zero-order valence-corrected chi connectivity index (χ0v) is 15.0. The Kier molecular flexibility index (Phi) is 4.59. The summed E-state index contributed by atoms with van der Waals surface area (Å²) in [5.41, 5.74) is 4.74. The number of benzene rings is 2. The number of nitrogens with zero attached hydrogens (tertiary/aromatic N) is 2. The van der Waals surface area contributed by atoms with Gasteiger partial charge in [0.2, 0.25) is 0 Å². The monoisotopic (exact) mass is 348 g/mol. The number of nitrogens with one attached hydrogen (secondary N) is 2. The second-order valence-electron chi connectivity index (χ2n) is 6.80. The Hall–Kier alpha value is -2.84. The van der Waals surface area contributed by atoms with Gasteiger partial charge in [0.05, 0.1) is 11.4 Å². The number of likely N-dealkylation sites (N-methyl/N-ethyl adjacent to an activating group) is 1. The van der Waals surface area contributed by atoms with Gasteiger partial charge < -0.3 is 25.2 Å². The van der Waals surface area contributed by atoms with Gasteiger partial charge in [-0.2, -0.15) is 0 Å². The molecule has 0 amide bonds. The van der Waals surface area contributed by atoms with E-state index in [0.717, 1.165) is 48.9 Å². The van der Waals surface area contributed by atoms with Crippen LogP contribution >= 0.6 is 0 Å². The molecule has 2 heterocycles. The number of hydrogen-bond acceptors (Lipinski definition) is 5. The Balaban J connectivity index is 1.44. The second-order valence-corrected chi connectivity index (χ2v) is 6.80. The van der Waals surface area contributed by atoms with Gasteiger partial charge in [-0.1, -0.05) is 18.1 Å². The van der Waals surface area contributed by atoms with Crippen molar-refractivity contribution in [2.24, 2.45) is 0 Å². The molecule has 1 atom stereocenters. The summed E-state index contributed by atoms with van der Waals surface area (Å²) in [7, 11) is 2.18. The number of anilines is 3. The van der Waals surface area contributed by atoms with Crippen LogP contribution in [0.25, 0.3) is 0 Å². The van der Waals surface area contributed by atoms with Crippen LogP contribution in [0.15, 0.2) is 42.5 Å². The molecule has 2 N–H and O–H groups in total. The van der Waals surface area contributed by atoms with Crippen LogP contribution in [0.5, 0.6) is 5.75 Å². The minimum absolute atomic E-state index is 0.0643. The first-order valence-electron chi connectivity index (χ1n) is 9.00. The second kappa shape index (κ2) is 7.19. The highest BCUT2D eigenvalue weighted by Crippen LogP contribution is 2.38. The van der Waals surface area contributed by atoms with Crippen molar-refractivity contribution in [3.63, 3.8) is 0 Å². The Morgan fingerprint density at radius 3 is 2.50 bits per heavy atom. The van der Waals surface area contributed by atoms with Crippen molar-refractivity contribution < 1.29 is 4.74 Å². The van der Waals surface area contributed by atoms with Crippen molar-refractivity contribution in [2.75, 3.05) is 55.4 Å². The fourth-order valence-corrected chi connectivity index (χ4v) is 3.43. The summed E-state index contributed by atoms with van der Waals surface area (Å²) in [6, 6.07) is 14.6. The highest BCUT2D eigenvalue weighted by molar-refractivity contribution is 5.79. The van der Waals surface area contributed by atoms with Gasteiger partial charge in [0, 0.05) is 31.9 Å². The number of hydrogen-bond donors (Lipinski definition) is 2. The summed E-state index contributed by atoms with van der Waals surface area (Å²) in [5.74, 6) is 3.27. The van der Waals surface area contributed by atoms with E-state index in [1.54, 1.807) is 0 Å². The third-order valence-corrected chi connectivity index (χ3v) is 5.01. The number of terminal acetylenes is 1. The number of ether oxygens (including phenoxy) is 1. The van der Waals surface area contributed by atoms with Crippen LogP contribution in [0.1, 0.15) is 11.7 Å². The maximum absolute atomic E-state index is 5.44. The molecule has 5 nitrogen and oxygen atoms in total. The van der Waals surface area contributed by atoms with Crippen LogP contribution in [-0.2, 0) is 0 Å². The van der Waals surface area contributed by atoms with Gasteiger partial charge in [0.25, 0.3) is 0 Å². The molecule has 0 radical (unpaired) electrons. The van der Waals surface area contributed by atoms with Crippen LogP contribution in [0, 0.1) is 12.3 Å². The molecule has 0 saturated carbocycles. The van der Waals surface area contributed by atoms with Gasteiger partial charge in [-0.05, 0) is 42.9 Å². The molecule has 2 aliphatic heterocycles. The standard InChI is InChI=1S/C21H24N4O/c1-3-14-26-18-7-4-16(5-8-18)21-22-19-9-6-17(15-20(19)23-21)25-12-10-24(2)11-13-25/h1,4-9,15,21-23H,10-14H2,2H3. The zero-order chi connectivity index (χ0) is 17.9. The quantitative estimate of drug-likeness (QED) is 0.832. The predicted molar refractivity (Wildman–Crippen MR) is 107 cm³/mol. The molecule has 0 bridgehead atoms. The largest absolute Gasteiger partial charge is 0.481 e. The molecule has 0 aromatic heterocycles. The minimum atomic E-state index is 0.0643. The normalized spacial score (nSPS) is 19.2. The van der Waals surface area contributed by atoms with Crippen molar-refractivity contribution in [2.45, 2.75) is 6.17 Å². The number of rotatable bonds is 4. The van der Waals surface area contributed by atoms with Crippen molar-refractivity contribution in [1.82, 2.24) is 4.90 Å². The summed E-state index contributed by atoms with van der Waals surface area (Å²) < 4.78 is 5.44. The van der Waals surface area contributed by atoms with Crippen LogP contribution in [-0.4, -0.2) is 44.7 Å². The molecule has 0 spiro atoms. The molecule has 2 aromatic carbocycles. The van der Waals surface area contributed by atoms with Gasteiger partial charge in [0.15, 0.2) is 0 Å². The molecule has 4 rings (SSSR count). The zero-order valence-electron chi connectivity index (χ0n) is 15.0. The van der Waals surface area contributed by atoms with E-state index in [2.05, 4.69) is 63.7 Å². The molecule has 2 aliphatic rings. The summed E-state index contributed by atoms with van der Waals surface area (Å²) in [6.45, 7) is 4.66. The lowest BCUT2D eigenvalue weighted by Gasteiger charge is -2.34. The van der Waals surface area contributed by atoms with Crippen molar-refractivity contribution >= 4 is 17.1 Å². The summed E-state index contributed by atoms with van der Waals surface area (Å²) >= 11 is 0. The average molecular weight is 348 g/mol. The van der Waals surface area contributed by atoms with E-state index >= 15 is 0 Å². The first-order chi connectivity index (χ1) is 12.7. The molecule has 0 aliphatic carbocycles. The highest BCUT2D eigenvalue weighted by Gasteiger charge is 2.23. The van der Waals surface area contributed by atoms with Gasteiger partial charge >= 0.3 is 0 Å². The number of fused-ring (bicyclic) bond motifs is 1. The number of piperazine rings is 1. The van der Waals surface area contributed by atoms with E-state index in [-0.39, 0.29) is 6.17 Å². The van der Waals surface area contributed by atoms with Crippen LogP contribution in [0.4, 0.5) is 17.1 Å². The maximum atomic E-state index is 5.44. The SMILES string of the molecule is C#CCOc1ccc(C2Nc3ccc(N4CCN(C)CC4)cc3N2)cc1. The van der Waals surface area contributed by atoms with Crippen molar-refractivity contribution in [3.8, 4) is 18.1 Å². The molecular weight excluding hydrogens is 324 g/mol. The van der Waals surface area contributed by atoms with E-state index in [1.165, 1.54) is 5.69 Å². The molecule has 1 saturated heterocycles. The molecule has 2 aromatic rings. The highest BCUT2D eigenvalue weighted by atomic mass is 16.5. The van der Waals surface area contributed by atoms with Gasteiger partial charge in [-0.25, -0.2) is 0 Å². The lowest BCUT2D eigenvalue weighted by molar-refractivity contribution is 0.313. The van der Waals surface area contributed by atoms with E-state index in [0.29, 0.717) is 6.61 Å². The Morgan fingerprint density at radius 2 is 1.77 bits per heavy atom. The third kappa shape index (κ3) is 3.42. The first-order valence-corrected chi connectivity index (χ1v) is 9.00.